The van der Waals surface area contributed by atoms with E-state index < -0.39 is 17.7 Å². The van der Waals surface area contributed by atoms with Gasteiger partial charge in [0.2, 0.25) is 0 Å². The molecule has 0 amide bonds. The Morgan fingerprint density at radius 3 is 2.48 bits per heavy atom. The Balaban J connectivity index is 2.12. The van der Waals surface area contributed by atoms with E-state index in [1.165, 1.54) is 24.3 Å². The highest BCUT2D eigenvalue weighted by Gasteiger charge is 2.33. The predicted molar refractivity (Wildman–Crippen MR) is 95.2 cm³/mol. The molecule has 0 spiro atoms. The monoisotopic (exact) mass is 397 g/mol. The lowest BCUT2D eigenvalue weighted by atomic mass is 10.0. The van der Waals surface area contributed by atoms with Crippen molar-refractivity contribution in [2.75, 3.05) is 6.61 Å². The minimum Gasteiger partial charge on any atom is -0.478 e. The zero-order chi connectivity index (χ0) is 19.8. The van der Waals surface area contributed by atoms with Crippen LogP contribution in [-0.4, -0.2) is 27.4 Å². The molecule has 0 bridgehead atoms. The van der Waals surface area contributed by atoms with Crippen molar-refractivity contribution in [3.63, 3.8) is 0 Å². The van der Waals surface area contributed by atoms with E-state index >= 15 is 0 Å². The second kappa shape index (κ2) is 7.25. The number of hydrogen-bond acceptors (Lipinski definition) is 2. The predicted octanol–water partition coefficient (Wildman–Crippen LogP) is 4.59. The van der Waals surface area contributed by atoms with Gasteiger partial charge in [0.25, 0.3) is 0 Å². The first-order chi connectivity index (χ1) is 12.7. The molecule has 0 saturated heterocycles. The van der Waals surface area contributed by atoms with E-state index in [9.17, 15) is 23.1 Å². The molecule has 3 rings (SSSR count). The normalized spacial score (nSPS) is 11.9. The Bertz CT molecular complexity index is 1010. The van der Waals surface area contributed by atoms with Gasteiger partial charge in [-0.2, -0.15) is 13.2 Å². The van der Waals surface area contributed by atoms with Crippen LogP contribution in [0.3, 0.4) is 0 Å². The number of carbonyl (C=O) groups is 1. The first kappa shape index (κ1) is 19.3. The molecule has 2 aromatic carbocycles. The summed E-state index contributed by atoms with van der Waals surface area (Å²) in [7, 11) is 0. The average molecular weight is 398 g/mol. The van der Waals surface area contributed by atoms with Crippen LogP contribution < -0.4 is 0 Å². The van der Waals surface area contributed by atoms with E-state index in [4.69, 9.17) is 16.7 Å². The van der Waals surface area contributed by atoms with Gasteiger partial charge in [-0.05, 0) is 42.0 Å². The number of carboxylic acids is 1. The highest BCUT2D eigenvalue weighted by molar-refractivity contribution is 6.30. The molecule has 1 aromatic heterocycles. The van der Waals surface area contributed by atoms with Crippen LogP contribution in [0, 0.1) is 0 Å². The van der Waals surface area contributed by atoms with Gasteiger partial charge in [0.1, 0.15) is 0 Å². The summed E-state index contributed by atoms with van der Waals surface area (Å²) in [6.07, 6.45) is -4.59. The van der Waals surface area contributed by atoms with E-state index in [-0.39, 0.29) is 35.7 Å². The quantitative estimate of drug-likeness (QED) is 0.661. The fourth-order valence-corrected chi connectivity index (χ4v) is 3.31. The van der Waals surface area contributed by atoms with Gasteiger partial charge in [-0.25, -0.2) is 4.79 Å². The fraction of sp³-hybridized carbons (Fsp3) is 0.211. The standard InChI is InChI=1S/C19H15ClF3NO3/c20-14-3-1-11(16(10-14)19(21,22)23)8-15-9-13-7-12(18(26)27)2-4-17(13)24(15)5-6-25/h1-4,7,9-10,25H,5-6,8H2,(H,26,27). The van der Waals surface area contributed by atoms with Crippen molar-refractivity contribution in [2.45, 2.75) is 19.1 Å². The van der Waals surface area contributed by atoms with E-state index in [0.29, 0.717) is 16.6 Å². The van der Waals surface area contributed by atoms with Gasteiger partial charge in [-0.1, -0.05) is 17.7 Å². The van der Waals surface area contributed by atoms with Crippen LogP contribution in [0.4, 0.5) is 13.2 Å². The maximum absolute atomic E-state index is 13.4. The van der Waals surface area contributed by atoms with Crippen LogP contribution in [0.25, 0.3) is 10.9 Å². The molecule has 3 aromatic rings. The molecule has 0 aliphatic rings. The van der Waals surface area contributed by atoms with E-state index in [2.05, 4.69) is 0 Å². The molecule has 4 nitrogen and oxygen atoms in total. The van der Waals surface area contributed by atoms with Crippen molar-refractivity contribution in [1.82, 2.24) is 4.57 Å². The molecule has 0 saturated carbocycles. The summed E-state index contributed by atoms with van der Waals surface area (Å²) in [6, 6.07) is 9.73. The SMILES string of the molecule is O=C(O)c1ccc2c(c1)cc(Cc1ccc(Cl)cc1C(F)(F)F)n2CCO. The molecule has 27 heavy (non-hydrogen) atoms. The van der Waals surface area contributed by atoms with Crippen molar-refractivity contribution in [1.29, 1.82) is 0 Å². The van der Waals surface area contributed by atoms with Crippen molar-refractivity contribution in [2.24, 2.45) is 0 Å². The summed E-state index contributed by atoms with van der Waals surface area (Å²) in [5, 5.41) is 19.0. The summed E-state index contributed by atoms with van der Waals surface area (Å²) in [5.41, 5.74) is 0.494. The van der Waals surface area contributed by atoms with E-state index in [1.54, 1.807) is 16.7 Å². The minimum atomic E-state index is -4.55. The number of aromatic nitrogens is 1. The Hall–Kier alpha value is -2.51. The number of halogens is 4. The molecule has 0 unspecified atom stereocenters. The lowest BCUT2D eigenvalue weighted by molar-refractivity contribution is -0.138. The number of aliphatic hydroxyl groups is 1. The number of aromatic carboxylic acids is 1. The van der Waals surface area contributed by atoms with Crippen LogP contribution in [-0.2, 0) is 19.1 Å². The molecule has 0 aliphatic carbocycles. The average Bonchev–Trinajstić information content (AvgIpc) is 2.92. The van der Waals surface area contributed by atoms with Gasteiger partial charge in [0.05, 0.1) is 17.7 Å². The lowest BCUT2D eigenvalue weighted by Crippen LogP contribution is -2.12. The van der Waals surface area contributed by atoms with Crippen LogP contribution in [0.15, 0.2) is 42.5 Å². The van der Waals surface area contributed by atoms with Crippen molar-refractivity contribution in [3.8, 4) is 0 Å². The molecule has 1 heterocycles. The summed E-state index contributed by atoms with van der Waals surface area (Å²) >= 11 is 5.72. The van der Waals surface area contributed by atoms with Crippen LogP contribution >= 0.6 is 11.6 Å². The molecule has 0 atom stereocenters. The van der Waals surface area contributed by atoms with Gasteiger partial charge in [-0.15, -0.1) is 0 Å². The van der Waals surface area contributed by atoms with E-state index in [0.717, 1.165) is 6.07 Å². The molecule has 0 radical (unpaired) electrons. The molecule has 8 heteroatoms. The largest absolute Gasteiger partial charge is 0.478 e. The van der Waals surface area contributed by atoms with Gasteiger partial charge < -0.3 is 14.8 Å². The molecule has 142 valence electrons. The Labute approximate surface area is 157 Å². The maximum Gasteiger partial charge on any atom is 0.416 e. The highest BCUT2D eigenvalue weighted by Crippen LogP contribution is 2.35. The first-order valence-corrected chi connectivity index (χ1v) is 8.40. The molecule has 0 fully saturated rings. The first-order valence-electron chi connectivity index (χ1n) is 8.02. The van der Waals surface area contributed by atoms with Gasteiger partial charge in [0, 0.05) is 34.6 Å². The molecular weight excluding hydrogens is 383 g/mol. The van der Waals surface area contributed by atoms with E-state index in [1.807, 2.05) is 0 Å². The second-order valence-corrected chi connectivity index (χ2v) is 6.50. The third kappa shape index (κ3) is 3.94. The van der Waals surface area contributed by atoms with Gasteiger partial charge in [-0.3, -0.25) is 0 Å². The smallest absolute Gasteiger partial charge is 0.416 e. The lowest BCUT2D eigenvalue weighted by Gasteiger charge is -2.15. The summed E-state index contributed by atoms with van der Waals surface area (Å²) in [4.78, 5) is 11.2. The van der Waals surface area contributed by atoms with Gasteiger partial charge in [0.15, 0.2) is 0 Å². The minimum absolute atomic E-state index is 0.00641. The summed E-state index contributed by atoms with van der Waals surface area (Å²) < 4.78 is 41.8. The van der Waals surface area contributed by atoms with Crippen molar-refractivity contribution in [3.05, 3.63) is 69.9 Å². The number of nitrogens with zero attached hydrogens (tertiary/aromatic N) is 1. The van der Waals surface area contributed by atoms with Crippen LogP contribution in [0.1, 0.15) is 27.2 Å². The zero-order valence-electron chi connectivity index (χ0n) is 13.9. The summed E-state index contributed by atoms with van der Waals surface area (Å²) in [6.45, 7) is -0.0234. The Morgan fingerprint density at radius 2 is 1.85 bits per heavy atom. The second-order valence-electron chi connectivity index (χ2n) is 6.07. The molecular formula is C19H15ClF3NO3. The Morgan fingerprint density at radius 1 is 1.11 bits per heavy atom. The zero-order valence-corrected chi connectivity index (χ0v) is 14.7. The number of carboxylic acid groups (broad SMARTS) is 1. The fourth-order valence-electron chi connectivity index (χ4n) is 3.13. The highest BCUT2D eigenvalue weighted by atomic mass is 35.5. The number of benzene rings is 2. The van der Waals surface area contributed by atoms with Crippen molar-refractivity contribution >= 4 is 28.5 Å². The van der Waals surface area contributed by atoms with Crippen LogP contribution in [0.5, 0.6) is 0 Å². The van der Waals surface area contributed by atoms with Crippen LogP contribution in [0.2, 0.25) is 5.02 Å². The number of rotatable bonds is 5. The number of alkyl halides is 3. The number of fused-ring (bicyclic) bond motifs is 1. The number of aliphatic hydroxyl groups excluding tert-OH is 1. The molecule has 0 aliphatic heterocycles. The topological polar surface area (TPSA) is 62.5 Å². The summed E-state index contributed by atoms with van der Waals surface area (Å²) in [5.74, 6) is -1.09. The Kier molecular flexibility index (Phi) is 5.17. The third-order valence-corrected chi connectivity index (χ3v) is 4.54. The molecule has 2 N–H and O–H groups in total. The van der Waals surface area contributed by atoms with Gasteiger partial charge >= 0.3 is 12.1 Å². The third-order valence-electron chi connectivity index (χ3n) is 4.31. The number of hydrogen-bond donors (Lipinski definition) is 2. The van der Waals surface area contributed by atoms with Crippen molar-refractivity contribution < 1.29 is 28.2 Å². The maximum atomic E-state index is 13.4.